The topological polar surface area (TPSA) is 53.8 Å². The van der Waals surface area contributed by atoms with Crippen LogP contribution < -0.4 is 5.32 Å². The SMILES string of the molecule is O=C(/C=C/c1ccccc1Cl)Nc1ccc(N=Nc2ccccc2)cc1. The molecule has 26 heavy (non-hydrogen) atoms. The van der Waals surface area contributed by atoms with Crippen LogP contribution in [0, 0.1) is 0 Å². The largest absolute Gasteiger partial charge is 0.323 e. The highest BCUT2D eigenvalue weighted by Crippen LogP contribution is 2.20. The number of hydrogen-bond donors (Lipinski definition) is 1. The summed E-state index contributed by atoms with van der Waals surface area (Å²) in [5, 5.41) is 11.7. The summed E-state index contributed by atoms with van der Waals surface area (Å²) in [6, 6.07) is 24.0. The first kappa shape index (κ1) is 17.6. The van der Waals surface area contributed by atoms with E-state index >= 15 is 0 Å². The second-order valence-electron chi connectivity index (χ2n) is 5.43. The van der Waals surface area contributed by atoms with Crippen molar-refractivity contribution in [2.24, 2.45) is 10.2 Å². The van der Waals surface area contributed by atoms with Gasteiger partial charge in [0.05, 0.1) is 11.4 Å². The summed E-state index contributed by atoms with van der Waals surface area (Å²) >= 11 is 6.06. The number of amides is 1. The molecule has 0 unspecified atom stereocenters. The molecule has 0 saturated carbocycles. The van der Waals surface area contributed by atoms with E-state index in [-0.39, 0.29) is 5.91 Å². The Kier molecular flexibility index (Phi) is 5.91. The molecule has 0 bridgehead atoms. The first-order valence-corrected chi connectivity index (χ1v) is 8.39. The van der Waals surface area contributed by atoms with E-state index in [0.717, 1.165) is 11.3 Å². The number of carbonyl (C=O) groups is 1. The van der Waals surface area contributed by atoms with Crippen LogP contribution in [0.15, 0.2) is 95.2 Å². The lowest BCUT2D eigenvalue weighted by atomic mass is 10.2. The lowest BCUT2D eigenvalue weighted by Gasteiger charge is -2.02. The van der Waals surface area contributed by atoms with Gasteiger partial charge in [0.1, 0.15) is 0 Å². The molecule has 0 radical (unpaired) electrons. The molecule has 0 atom stereocenters. The number of hydrogen-bond acceptors (Lipinski definition) is 3. The smallest absolute Gasteiger partial charge is 0.248 e. The van der Waals surface area contributed by atoms with E-state index in [2.05, 4.69) is 15.5 Å². The predicted molar refractivity (Wildman–Crippen MR) is 106 cm³/mol. The van der Waals surface area contributed by atoms with Crippen molar-refractivity contribution in [1.82, 2.24) is 0 Å². The van der Waals surface area contributed by atoms with Gasteiger partial charge < -0.3 is 5.32 Å². The Bertz CT molecular complexity index is 935. The third-order valence-corrected chi connectivity index (χ3v) is 3.84. The zero-order valence-electron chi connectivity index (χ0n) is 13.8. The van der Waals surface area contributed by atoms with Gasteiger partial charge in [0, 0.05) is 16.8 Å². The van der Waals surface area contributed by atoms with Gasteiger partial charge in [-0.2, -0.15) is 10.2 Å². The second kappa shape index (κ2) is 8.74. The van der Waals surface area contributed by atoms with Gasteiger partial charge in [-0.15, -0.1) is 0 Å². The van der Waals surface area contributed by atoms with Gasteiger partial charge in [0.2, 0.25) is 5.91 Å². The molecule has 3 aromatic carbocycles. The minimum Gasteiger partial charge on any atom is -0.323 e. The van der Waals surface area contributed by atoms with E-state index in [1.165, 1.54) is 6.08 Å². The van der Waals surface area contributed by atoms with E-state index in [1.807, 2.05) is 48.5 Å². The van der Waals surface area contributed by atoms with Gasteiger partial charge in [-0.05, 0) is 54.1 Å². The maximum atomic E-state index is 12.0. The Morgan fingerprint density at radius 2 is 1.42 bits per heavy atom. The number of carbonyl (C=O) groups excluding carboxylic acids is 1. The van der Waals surface area contributed by atoms with Gasteiger partial charge in [-0.1, -0.05) is 48.0 Å². The van der Waals surface area contributed by atoms with E-state index in [1.54, 1.807) is 36.4 Å². The molecule has 0 aromatic heterocycles. The van der Waals surface area contributed by atoms with Crippen molar-refractivity contribution < 1.29 is 4.79 Å². The van der Waals surface area contributed by atoms with Crippen LogP contribution in [0.1, 0.15) is 5.56 Å². The summed E-state index contributed by atoms with van der Waals surface area (Å²) < 4.78 is 0. The highest BCUT2D eigenvalue weighted by Gasteiger charge is 2.00. The van der Waals surface area contributed by atoms with Gasteiger partial charge in [0.25, 0.3) is 0 Å². The first-order valence-electron chi connectivity index (χ1n) is 8.01. The molecule has 0 saturated heterocycles. The maximum Gasteiger partial charge on any atom is 0.248 e. The zero-order valence-corrected chi connectivity index (χ0v) is 14.6. The normalized spacial score (nSPS) is 11.1. The number of nitrogens with one attached hydrogen (secondary N) is 1. The predicted octanol–water partition coefficient (Wildman–Crippen LogP) is 6.41. The van der Waals surface area contributed by atoms with Gasteiger partial charge in [0.15, 0.2) is 0 Å². The van der Waals surface area contributed by atoms with Crippen LogP contribution in [0.3, 0.4) is 0 Å². The van der Waals surface area contributed by atoms with E-state index in [0.29, 0.717) is 16.4 Å². The molecule has 3 aromatic rings. The summed E-state index contributed by atoms with van der Waals surface area (Å²) in [5.41, 5.74) is 2.96. The standard InChI is InChI=1S/C21H16ClN3O/c22-20-9-5-4-6-16(20)10-15-21(26)23-17-11-13-19(14-12-17)25-24-18-7-2-1-3-8-18/h1-15H,(H,23,26)/b15-10+,25-24?. The Balaban J connectivity index is 1.59. The van der Waals surface area contributed by atoms with Crippen molar-refractivity contribution in [3.05, 3.63) is 95.5 Å². The molecular formula is C21H16ClN3O. The van der Waals surface area contributed by atoms with Crippen molar-refractivity contribution in [3.63, 3.8) is 0 Å². The van der Waals surface area contributed by atoms with Crippen LogP contribution in [0.4, 0.5) is 17.1 Å². The molecule has 0 aliphatic carbocycles. The van der Waals surface area contributed by atoms with Crippen molar-refractivity contribution >= 4 is 40.6 Å². The second-order valence-corrected chi connectivity index (χ2v) is 5.83. The lowest BCUT2D eigenvalue weighted by molar-refractivity contribution is -0.111. The van der Waals surface area contributed by atoms with Crippen LogP contribution >= 0.6 is 11.6 Å². The van der Waals surface area contributed by atoms with Crippen LogP contribution in [0.2, 0.25) is 5.02 Å². The molecule has 4 nitrogen and oxygen atoms in total. The summed E-state index contributed by atoms with van der Waals surface area (Å²) in [7, 11) is 0. The molecule has 1 N–H and O–H groups in total. The average molecular weight is 362 g/mol. The Morgan fingerprint density at radius 3 is 2.12 bits per heavy atom. The molecule has 0 aliphatic rings. The number of nitrogens with zero attached hydrogens (tertiary/aromatic N) is 2. The summed E-state index contributed by atoms with van der Waals surface area (Å²) in [4.78, 5) is 12.0. The minimum atomic E-state index is -0.233. The fraction of sp³-hybridized carbons (Fsp3) is 0. The van der Waals surface area contributed by atoms with Gasteiger partial charge >= 0.3 is 0 Å². The number of halogens is 1. The molecule has 5 heteroatoms. The fourth-order valence-electron chi connectivity index (χ4n) is 2.18. The number of anilines is 1. The van der Waals surface area contributed by atoms with Crippen molar-refractivity contribution in [3.8, 4) is 0 Å². The zero-order chi connectivity index (χ0) is 18.2. The monoisotopic (exact) mass is 361 g/mol. The van der Waals surface area contributed by atoms with Crippen LogP contribution in [-0.2, 0) is 4.79 Å². The van der Waals surface area contributed by atoms with E-state index < -0.39 is 0 Å². The molecule has 0 fully saturated rings. The lowest BCUT2D eigenvalue weighted by Crippen LogP contribution is -2.07. The Hall–Kier alpha value is -3.24. The minimum absolute atomic E-state index is 0.233. The first-order chi connectivity index (χ1) is 12.7. The molecule has 0 heterocycles. The van der Waals surface area contributed by atoms with E-state index in [9.17, 15) is 4.79 Å². The summed E-state index contributed by atoms with van der Waals surface area (Å²) in [6.07, 6.45) is 3.13. The Morgan fingerprint density at radius 1 is 0.808 bits per heavy atom. The quantitative estimate of drug-likeness (QED) is 0.414. The summed E-state index contributed by atoms with van der Waals surface area (Å²) in [5.74, 6) is -0.233. The molecule has 128 valence electrons. The Labute approximate surface area is 156 Å². The molecule has 1 amide bonds. The molecular weight excluding hydrogens is 346 g/mol. The molecule has 0 aliphatic heterocycles. The number of rotatable bonds is 5. The number of azo groups is 1. The maximum absolute atomic E-state index is 12.0. The van der Waals surface area contributed by atoms with Crippen molar-refractivity contribution in [1.29, 1.82) is 0 Å². The van der Waals surface area contributed by atoms with Gasteiger partial charge in [-0.3, -0.25) is 4.79 Å². The van der Waals surface area contributed by atoms with Crippen molar-refractivity contribution in [2.45, 2.75) is 0 Å². The van der Waals surface area contributed by atoms with Gasteiger partial charge in [-0.25, -0.2) is 0 Å². The highest BCUT2D eigenvalue weighted by atomic mass is 35.5. The molecule has 0 spiro atoms. The summed E-state index contributed by atoms with van der Waals surface area (Å²) in [6.45, 7) is 0. The third kappa shape index (κ3) is 5.13. The van der Waals surface area contributed by atoms with Crippen LogP contribution in [-0.4, -0.2) is 5.91 Å². The third-order valence-electron chi connectivity index (χ3n) is 3.49. The molecule has 3 rings (SSSR count). The van der Waals surface area contributed by atoms with Crippen LogP contribution in [0.5, 0.6) is 0 Å². The average Bonchev–Trinajstić information content (AvgIpc) is 2.68. The van der Waals surface area contributed by atoms with Crippen molar-refractivity contribution in [2.75, 3.05) is 5.32 Å². The highest BCUT2D eigenvalue weighted by molar-refractivity contribution is 6.32. The van der Waals surface area contributed by atoms with E-state index in [4.69, 9.17) is 11.6 Å². The fourth-order valence-corrected chi connectivity index (χ4v) is 2.38. The number of benzene rings is 3. The van der Waals surface area contributed by atoms with Crippen LogP contribution in [0.25, 0.3) is 6.08 Å².